The van der Waals surface area contributed by atoms with Gasteiger partial charge in [-0.3, -0.25) is 20.4 Å². The minimum Gasteiger partial charge on any atom is -0.459 e. The largest absolute Gasteiger partial charge is 0.459 e. The summed E-state index contributed by atoms with van der Waals surface area (Å²) in [5, 5.41) is 6.05. The van der Waals surface area contributed by atoms with Gasteiger partial charge in [0.25, 0.3) is 11.8 Å². The fraction of sp³-hybridized carbons (Fsp3) is 0.350. The molecule has 0 aliphatic carbocycles. The number of thiocarbonyl (C=S) groups is 1. The van der Waals surface area contributed by atoms with Crippen LogP contribution in [0, 0.1) is 5.92 Å². The van der Waals surface area contributed by atoms with Crippen LogP contribution in [0.4, 0.5) is 0 Å². The summed E-state index contributed by atoms with van der Waals surface area (Å²) in [5.41, 5.74) is 6.15. The van der Waals surface area contributed by atoms with Crippen LogP contribution >= 0.6 is 12.2 Å². The highest BCUT2D eigenvalue weighted by Gasteiger charge is 2.23. The number of hydrazine groups is 1. The Bertz CT molecular complexity index is 763. The van der Waals surface area contributed by atoms with E-state index in [0.717, 1.165) is 12.0 Å². The summed E-state index contributed by atoms with van der Waals surface area (Å²) < 4.78 is 5.10. The van der Waals surface area contributed by atoms with Crippen molar-refractivity contribution in [3.8, 4) is 0 Å². The molecule has 28 heavy (non-hydrogen) atoms. The van der Waals surface area contributed by atoms with E-state index in [1.807, 2.05) is 30.3 Å². The fourth-order valence-corrected chi connectivity index (χ4v) is 2.57. The molecule has 4 N–H and O–H groups in total. The first kappa shape index (κ1) is 21.4. The standard InChI is InChI=1S/C20H26N4O3S/c1-14(2)10-11-21-20(28)24-23-18(25)16(13-15-7-4-3-5-8-15)22-19(26)17-9-6-12-27-17/h3-9,12,14,16H,10-11,13H2,1-2H3,(H,22,26)(H,23,25)(H2,21,24,28)/t16-/m0/s1. The van der Waals surface area contributed by atoms with Crippen LogP contribution in [0.15, 0.2) is 53.1 Å². The van der Waals surface area contributed by atoms with Crippen LogP contribution in [0.3, 0.4) is 0 Å². The van der Waals surface area contributed by atoms with Gasteiger partial charge in [-0.2, -0.15) is 0 Å². The second-order valence-corrected chi connectivity index (χ2v) is 7.15. The van der Waals surface area contributed by atoms with Crippen molar-refractivity contribution < 1.29 is 14.0 Å². The summed E-state index contributed by atoms with van der Waals surface area (Å²) in [4.78, 5) is 24.9. The minimum atomic E-state index is -0.800. The number of hydrogen-bond acceptors (Lipinski definition) is 4. The Labute approximate surface area is 170 Å². The van der Waals surface area contributed by atoms with Gasteiger partial charge in [0.15, 0.2) is 10.9 Å². The van der Waals surface area contributed by atoms with Crippen LogP contribution in [0.5, 0.6) is 0 Å². The van der Waals surface area contributed by atoms with Crippen LogP contribution in [-0.2, 0) is 11.2 Å². The third kappa shape index (κ3) is 7.40. The van der Waals surface area contributed by atoms with Gasteiger partial charge in [0, 0.05) is 13.0 Å². The Morgan fingerprint density at radius 2 is 1.82 bits per heavy atom. The second kappa shape index (κ2) is 11.1. The van der Waals surface area contributed by atoms with Crippen LogP contribution in [-0.4, -0.2) is 29.5 Å². The molecular formula is C20H26N4O3S. The molecule has 0 saturated heterocycles. The van der Waals surface area contributed by atoms with Crippen molar-refractivity contribution >= 4 is 29.1 Å². The molecule has 1 aromatic heterocycles. The maximum Gasteiger partial charge on any atom is 0.287 e. The molecule has 0 aliphatic rings. The number of carbonyl (C=O) groups is 2. The number of nitrogens with one attached hydrogen (secondary N) is 4. The highest BCUT2D eigenvalue weighted by atomic mass is 32.1. The van der Waals surface area contributed by atoms with E-state index in [-0.39, 0.29) is 5.76 Å². The van der Waals surface area contributed by atoms with Crippen LogP contribution < -0.4 is 21.5 Å². The van der Waals surface area contributed by atoms with Crippen molar-refractivity contribution in [2.75, 3.05) is 6.54 Å². The van der Waals surface area contributed by atoms with E-state index in [2.05, 4.69) is 35.3 Å². The third-order valence-electron chi connectivity index (χ3n) is 3.96. The molecule has 1 heterocycles. The second-order valence-electron chi connectivity index (χ2n) is 6.75. The Morgan fingerprint density at radius 3 is 2.46 bits per heavy atom. The summed E-state index contributed by atoms with van der Waals surface area (Å²) in [6.45, 7) is 4.95. The summed E-state index contributed by atoms with van der Waals surface area (Å²) in [6.07, 6.45) is 2.70. The van der Waals surface area contributed by atoms with Crippen molar-refractivity contribution in [2.24, 2.45) is 5.92 Å². The smallest absolute Gasteiger partial charge is 0.287 e. The average Bonchev–Trinajstić information content (AvgIpc) is 3.21. The number of rotatable bonds is 8. The monoisotopic (exact) mass is 402 g/mol. The third-order valence-corrected chi connectivity index (χ3v) is 4.20. The summed E-state index contributed by atoms with van der Waals surface area (Å²) in [5.74, 6) is -0.169. The Balaban J connectivity index is 1.94. The highest BCUT2D eigenvalue weighted by molar-refractivity contribution is 7.80. The number of amides is 2. The van der Waals surface area contributed by atoms with Crippen LogP contribution in [0.1, 0.15) is 36.4 Å². The number of carbonyl (C=O) groups excluding carboxylic acids is 2. The molecule has 0 bridgehead atoms. The molecule has 150 valence electrons. The first-order valence-corrected chi connectivity index (χ1v) is 9.58. The predicted octanol–water partition coefficient (Wildman–Crippen LogP) is 2.16. The molecule has 1 aromatic carbocycles. The van der Waals surface area contributed by atoms with E-state index in [9.17, 15) is 9.59 Å². The van der Waals surface area contributed by atoms with Crippen LogP contribution in [0.25, 0.3) is 0 Å². The maximum atomic E-state index is 12.6. The van der Waals surface area contributed by atoms with Gasteiger partial charge >= 0.3 is 0 Å². The number of benzene rings is 1. The molecular weight excluding hydrogens is 376 g/mol. The first-order valence-electron chi connectivity index (χ1n) is 9.17. The molecule has 0 spiro atoms. The summed E-state index contributed by atoms with van der Waals surface area (Å²) in [7, 11) is 0. The SMILES string of the molecule is CC(C)CCNC(=S)NNC(=O)[C@H](Cc1ccccc1)NC(=O)c1ccco1. The van der Waals surface area contributed by atoms with E-state index in [1.165, 1.54) is 6.26 Å². The van der Waals surface area contributed by atoms with Crippen molar-refractivity contribution in [1.82, 2.24) is 21.5 Å². The average molecular weight is 403 g/mol. The summed E-state index contributed by atoms with van der Waals surface area (Å²) >= 11 is 5.15. The fourth-order valence-electron chi connectivity index (χ4n) is 2.42. The Morgan fingerprint density at radius 1 is 1.07 bits per heavy atom. The van der Waals surface area contributed by atoms with E-state index < -0.39 is 17.9 Å². The molecule has 1 atom stereocenters. The zero-order valence-electron chi connectivity index (χ0n) is 16.0. The first-order chi connectivity index (χ1) is 13.5. The van der Waals surface area contributed by atoms with E-state index in [1.54, 1.807) is 12.1 Å². The summed E-state index contributed by atoms with van der Waals surface area (Å²) in [6, 6.07) is 11.8. The lowest BCUT2D eigenvalue weighted by molar-refractivity contribution is -0.123. The lowest BCUT2D eigenvalue weighted by atomic mass is 10.1. The van der Waals surface area contributed by atoms with Gasteiger partial charge in [-0.05, 0) is 42.3 Å². The molecule has 0 saturated carbocycles. The van der Waals surface area contributed by atoms with Crippen molar-refractivity contribution in [3.05, 3.63) is 60.1 Å². The lowest BCUT2D eigenvalue weighted by Crippen LogP contribution is -2.55. The van der Waals surface area contributed by atoms with Gasteiger partial charge in [-0.1, -0.05) is 44.2 Å². The molecule has 8 heteroatoms. The van der Waals surface area contributed by atoms with Crippen molar-refractivity contribution in [2.45, 2.75) is 32.7 Å². The molecule has 2 amide bonds. The van der Waals surface area contributed by atoms with Gasteiger partial charge in [0.05, 0.1) is 6.26 Å². The quantitative estimate of drug-likeness (QED) is 0.399. The molecule has 0 fully saturated rings. The molecule has 2 rings (SSSR count). The van der Waals surface area contributed by atoms with Gasteiger partial charge in [0.1, 0.15) is 6.04 Å². The molecule has 0 unspecified atom stereocenters. The Hall–Kier alpha value is -2.87. The van der Waals surface area contributed by atoms with E-state index in [4.69, 9.17) is 16.6 Å². The molecule has 0 radical (unpaired) electrons. The van der Waals surface area contributed by atoms with Gasteiger partial charge in [0.2, 0.25) is 0 Å². The van der Waals surface area contributed by atoms with Crippen molar-refractivity contribution in [3.63, 3.8) is 0 Å². The van der Waals surface area contributed by atoms with E-state index in [0.29, 0.717) is 24.0 Å². The molecule has 0 aliphatic heterocycles. The highest BCUT2D eigenvalue weighted by Crippen LogP contribution is 2.06. The maximum absolute atomic E-state index is 12.6. The topological polar surface area (TPSA) is 95.4 Å². The molecule has 7 nitrogen and oxygen atoms in total. The van der Waals surface area contributed by atoms with E-state index >= 15 is 0 Å². The lowest BCUT2D eigenvalue weighted by Gasteiger charge is -2.19. The normalized spacial score (nSPS) is 11.5. The number of furan rings is 1. The van der Waals surface area contributed by atoms with Crippen molar-refractivity contribution in [1.29, 1.82) is 0 Å². The van der Waals surface area contributed by atoms with Gasteiger partial charge in [-0.15, -0.1) is 0 Å². The minimum absolute atomic E-state index is 0.143. The van der Waals surface area contributed by atoms with Gasteiger partial charge < -0.3 is 15.1 Å². The zero-order chi connectivity index (χ0) is 20.4. The number of hydrogen-bond donors (Lipinski definition) is 4. The zero-order valence-corrected chi connectivity index (χ0v) is 16.8. The Kier molecular flexibility index (Phi) is 8.48. The predicted molar refractivity (Wildman–Crippen MR) is 111 cm³/mol. The van der Waals surface area contributed by atoms with Crippen LogP contribution in [0.2, 0.25) is 0 Å². The van der Waals surface area contributed by atoms with Gasteiger partial charge in [-0.25, -0.2) is 0 Å². The molecule has 2 aromatic rings.